The number of halogens is 1. The zero-order chi connectivity index (χ0) is 10.1. The molecule has 14 heavy (non-hydrogen) atoms. The minimum atomic E-state index is 0.482. The first kappa shape index (κ1) is 9.09. The van der Waals surface area contributed by atoms with Gasteiger partial charge in [0.15, 0.2) is 0 Å². The summed E-state index contributed by atoms with van der Waals surface area (Å²) in [5.74, 6) is 1.27. The number of nitrogen functional groups attached to an aromatic ring is 1. The van der Waals surface area contributed by atoms with Crippen LogP contribution in [0, 0.1) is 6.92 Å². The molecule has 1 aromatic heterocycles. The molecule has 0 aliphatic carbocycles. The zero-order valence-corrected chi connectivity index (χ0v) is 8.47. The predicted octanol–water partition coefficient (Wildman–Crippen LogP) is 2.62. The van der Waals surface area contributed by atoms with Crippen LogP contribution in [-0.4, -0.2) is 9.97 Å². The van der Waals surface area contributed by atoms with E-state index in [2.05, 4.69) is 9.97 Å². The molecule has 3 nitrogen and oxygen atoms in total. The Morgan fingerprint density at radius 1 is 1.36 bits per heavy atom. The van der Waals surface area contributed by atoms with Crippen molar-refractivity contribution in [2.75, 3.05) is 5.73 Å². The molecule has 0 bridgehead atoms. The first-order chi connectivity index (χ1) is 6.68. The molecule has 72 valence electrons. The van der Waals surface area contributed by atoms with Crippen molar-refractivity contribution in [3.8, 4) is 11.3 Å². The Morgan fingerprint density at radius 2 is 2.07 bits per heavy atom. The lowest BCUT2D eigenvalue weighted by Crippen LogP contribution is -1.88. The third-order valence-corrected chi connectivity index (χ3v) is 2.32. The summed E-state index contributed by atoms with van der Waals surface area (Å²) in [6, 6.07) is 7.53. The van der Waals surface area contributed by atoms with Gasteiger partial charge in [0.25, 0.3) is 0 Å². The number of rotatable bonds is 1. The molecular weight excluding hydrogens is 198 g/mol. The molecule has 0 atom stereocenters. The van der Waals surface area contributed by atoms with Gasteiger partial charge in [-0.05, 0) is 13.0 Å². The number of hydrogen-bond donors (Lipinski definition) is 2. The summed E-state index contributed by atoms with van der Waals surface area (Å²) in [7, 11) is 0. The van der Waals surface area contributed by atoms with Crippen LogP contribution in [0.3, 0.4) is 0 Å². The van der Waals surface area contributed by atoms with Gasteiger partial charge in [0, 0.05) is 5.56 Å². The van der Waals surface area contributed by atoms with E-state index in [0.717, 1.165) is 17.1 Å². The molecule has 0 unspecified atom stereocenters. The number of nitrogens with zero attached hydrogens (tertiary/aromatic N) is 1. The fourth-order valence-electron chi connectivity index (χ4n) is 1.38. The highest BCUT2D eigenvalue weighted by atomic mass is 35.5. The maximum absolute atomic E-state index is 6.04. The van der Waals surface area contributed by atoms with E-state index in [1.165, 1.54) is 0 Å². The van der Waals surface area contributed by atoms with Gasteiger partial charge >= 0.3 is 0 Å². The van der Waals surface area contributed by atoms with Crippen molar-refractivity contribution in [1.29, 1.82) is 0 Å². The van der Waals surface area contributed by atoms with Gasteiger partial charge in [-0.15, -0.1) is 0 Å². The second kappa shape index (κ2) is 3.35. The molecule has 0 fully saturated rings. The number of hydrogen-bond acceptors (Lipinski definition) is 2. The molecule has 1 heterocycles. The zero-order valence-electron chi connectivity index (χ0n) is 7.71. The van der Waals surface area contributed by atoms with Crippen molar-refractivity contribution < 1.29 is 0 Å². The fraction of sp³-hybridized carbons (Fsp3) is 0.100. The van der Waals surface area contributed by atoms with Crippen LogP contribution in [0.2, 0.25) is 5.02 Å². The lowest BCUT2D eigenvalue weighted by atomic mass is 10.1. The predicted molar refractivity (Wildman–Crippen MR) is 58.2 cm³/mol. The van der Waals surface area contributed by atoms with Gasteiger partial charge < -0.3 is 10.7 Å². The normalized spacial score (nSPS) is 10.4. The summed E-state index contributed by atoms with van der Waals surface area (Å²) in [5.41, 5.74) is 7.41. The second-order valence-electron chi connectivity index (χ2n) is 3.06. The highest BCUT2D eigenvalue weighted by molar-refractivity contribution is 6.33. The van der Waals surface area contributed by atoms with Crippen molar-refractivity contribution >= 4 is 17.4 Å². The minimum Gasteiger partial charge on any atom is -0.382 e. The average Bonchev–Trinajstić information content (AvgIpc) is 2.46. The Balaban J connectivity index is 2.60. The smallest absolute Gasteiger partial charge is 0.149 e. The first-order valence-corrected chi connectivity index (χ1v) is 4.63. The van der Waals surface area contributed by atoms with E-state index in [0.29, 0.717) is 10.8 Å². The fourth-order valence-corrected chi connectivity index (χ4v) is 1.61. The van der Waals surface area contributed by atoms with Gasteiger partial charge in [-0.25, -0.2) is 4.98 Å². The maximum Gasteiger partial charge on any atom is 0.149 e. The van der Waals surface area contributed by atoms with E-state index in [1.54, 1.807) is 0 Å². The highest BCUT2D eigenvalue weighted by Crippen LogP contribution is 2.29. The quantitative estimate of drug-likeness (QED) is 0.755. The van der Waals surface area contributed by atoms with Crippen molar-refractivity contribution in [2.45, 2.75) is 6.92 Å². The molecule has 0 aliphatic heterocycles. The van der Waals surface area contributed by atoms with Crippen LogP contribution in [-0.2, 0) is 0 Å². The van der Waals surface area contributed by atoms with Gasteiger partial charge in [0.1, 0.15) is 11.6 Å². The molecule has 0 radical (unpaired) electrons. The van der Waals surface area contributed by atoms with E-state index >= 15 is 0 Å². The molecule has 0 saturated carbocycles. The summed E-state index contributed by atoms with van der Waals surface area (Å²) >= 11 is 6.04. The summed E-state index contributed by atoms with van der Waals surface area (Å²) < 4.78 is 0. The molecule has 0 amide bonds. The van der Waals surface area contributed by atoms with Gasteiger partial charge in [0.05, 0.1) is 10.7 Å². The van der Waals surface area contributed by atoms with Crippen molar-refractivity contribution in [3.05, 3.63) is 35.1 Å². The molecule has 4 heteroatoms. The summed E-state index contributed by atoms with van der Waals surface area (Å²) in [6.07, 6.45) is 0. The first-order valence-electron chi connectivity index (χ1n) is 4.25. The minimum absolute atomic E-state index is 0.482. The molecule has 2 rings (SSSR count). The Hall–Kier alpha value is -1.48. The van der Waals surface area contributed by atoms with Crippen LogP contribution in [0.25, 0.3) is 11.3 Å². The largest absolute Gasteiger partial charge is 0.382 e. The van der Waals surface area contributed by atoms with Crippen LogP contribution >= 0.6 is 11.6 Å². The lowest BCUT2D eigenvalue weighted by Gasteiger charge is -2.01. The van der Waals surface area contributed by atoms with E-state index in [9.17, 15) is 0 Å². The number of imidazole rings is 1. The van der Waals surface area contributed by atoms with E-state index in [1.807, 2.05) is 31.2 Å². The molecule has 1 aromatic carbocycles. The Morgan fingerprint density at radius 3 is 2.64 bits per heavy atom. The van der Waals surface area contributed by atoms with Gasteiger partial charge in [-0.1, -0.05) is 29.8 Å². The molecule has 0 spiro atoms. The summed E-state index contributed by atoms with van der Waals surface area (Å²) in [4.78, 5) is 7.17. The SMILES string of the molecule is Cc1nc(N)c(-c2ccccc2Cl)[nH]1. The third-order valence-electron chi connectivity index (χ3n) is 1.99. The van der Waals surface area contributed by atoms with E-state index in [4.69, 9.17) is 17.3 Å². The number of aromatic amines is 1. The lowest BCUT2D eigenvalue weighted by molar-refractivity contribution is 1.15. The average molecular weight is 208 g/mol. The highest BCUT2D eigenvalue weighted by Gasteiger charge is 2.09. The van der Waals surface area contributed by atoms with E-state index < -0.39 is 0 Å². The summed E-state index contributed by atoms with van der Waals surface area (Å²) in [5, 5.41) is 0.669. The van der Waals surface area contributed by atoms with Crippen LogP contribution in [0.4, 0.5) is 5.82 Å². The number of anilines is 1. The Labute approximate surface area is 86.9 Å². The number of nitrogens with one attached hydrogen (secondary N) is 1. The van der Waals surface area contributed by atoms with Crippen LogP contribution in [0.1, 0.15) is 5.82 Å². The van der Waals surface area contributed by atoms with Crippen LogP contribution in [0.15, 0.2) is 24.3 Å². The number of aromatic nitrogens is 2. The Kier molecular flexibility index (Phi) is 2.17. The molecule has 0 aliphatic rings. The summed E-state index contributed by atoms with van der Waals surface area (Å²) in [6.45, 7) is 1.86. The van der Waals surface area contributed by atoms with Gasteiger partial charge in [0.2, 0.25) is 0 Å². The van der Waals surface area contributed by atoms with Crippen LogP contribution < -0.4 is 5.73 Å². The Bertz CT molecular complexity index is 462. The van der Waals surface area contributed by atoms with Crippen LogP contribution in [0.5, 0.6) is 0 Å². The number of nitrogens with two attached hydrogens (primary N) is 1. The topological polar surface area (TPSA) is 54.7 Å². The van der Waals surface area contributed by atoms with Crippen molar-refractivity contribution in [2.24, 2.45) is 0 Å². The monoisotopic (exact) mass is 207 g/mol. The van der Waals surface area contributed by atoms with Crippen molar-refractivity contribution in [1.82, 2.24) is 9.97 Å². The molecule has 3 N–H and O–H groups in total. The molecule has 0 saturated heterocycles. The second-order valence-corrected chi connectivity index (χ2v) is 3.47. The van der Waals surface area contributed by atoms with E-state index in [-0.39, 0.29) is 0 Å². The standard InChI is InChI=1S/C10H10ClN3/c1-6-13-9(10(12)14-6)7-4-2-3-5-8(7)11/h2-5H,12H2,1H3,(H,13,14). The molecule has 2 aromatic rings. The van der Waals surface area contributed by atoms with Gasteiger partial charge in [-0.2, -0.15) is 0 Å². The number of aryl methyl sites for hydroxylation is 1. The van der Waals surface area contributed by atoms with Crippen molar-refractivity contribution in [3.63, 3.8) is 0 Å². The number of benzene rings is 1. The maximum atomic E-state index is 6.04. The third kappa shape index (κ3) is 1.46. The van der Waals surface area contributed by atoms with Gasteiger partial charge in [-0.3, -0.25) is 0 Å². The number of H-pyrrole nitrogens is 1. The molecular formula is C10H10ClN3.